The lowest BCUT2D eigenvalue weighted by atomic mass is 10.00. The molecule has 2 N–H and O–H groups in total. The molecule has 0 fully saturated rings. The van der Waals surface area contributed by atoms with Gasteiger partial charge < -0.3 is 14.1 Å². The highest BCUT2D eigenvalue weighted by atomic mass is 79.9. The Kier molecular flexibility index (Phi) is 7.00. The number of carbonyl (C=O) groups is 2. The molecule has 0 bridgehead atoms. The van der Waals surface area contributed by atoms with Crippen LogP contribution in [0.3, 0.4) is 0 Å². The van der Waals surface area contributed by atoms with E-state index >= 15 is 0 Å². The average Bonchev–Trinajstić information content (AvgIpc) is 3.59. The number of halogens is 1. The van der Waals surface area contributed by atoms with Crippen molar-refractivity contribution in [2.45, 2.75) is 13.3 Å². The van der Waals surface area contributed by atoms with E-state index in [1.165, 1.54) is 18.5 Å². The van der Waals surface area contributed by atoms with Gasteiger partial charge in [-0.25, -0.2) is 10.2 Å². The third-order valence-electron chi connectivity index (χ3n) is 5.86. The van der Waals surface area contributed by atoms with Gasteiger partial charge in [-0.05, 0) is 47.9 Å². The Hall–Kier alpha value is -4.43. The van der Waals surface area contributed by atoms with Crippen LogP contribution in [-0.4, -0.2) is 23.1 Å². The van der Waals surface area contributed by atoms with E-state index in [2.05, 4.69) is 38.4 Å². The first-order valence-corrected chi connectivity index (χ1v) is 12.4. The number of para-hydroxylation sites is 1. The molecule has 184 valence electrons. The van der Waals surface area contributed by atoms with Crippen LogP contribution in [0.1, 0.15) is 39.1 Å². The fourth-order valence-corrected chi connectivity index (χ4v) is 4.50. The third kappa shape index (κ3) is 5.10. The molecule has 0 atom stereocenters. The summed E-state index contributed by atoms with van der Waals surface area (Å²) in [7, 11) is 0. The minimum Gasteiger partial charge on any atom is -0.457 e. The van der Waals surface area contributed by atoms with Crippen LogP contribution in [-0.2, 0) is 6.42 Å². The fraction of sp³-hybridized carbons (Fsp3) is 0.0690. The van der Waals surface area contributed by atoms with Crippen molar-refractivity contribution in [1.29, 1.82) is 0 Å². The fourth-order valence-electron chi connectivity index (χ4n) is 4.12. The Labute approximate surface area is 221 Å². The van der Waals surface area contributed by atoms with Gasteiger partial charge in [-0.15, -0.1) is 0 Å². The summed E-state index contributed by atoms with van der Waals surface area (Å²) < 4.78 is 11.3. The van der Waals surface area contributed by atoms with Gasteiger partial charge in [0.05, 0.1) is 12.5 Å². The lowest BCUT2D eigenvalue weighted by Crippen LogP contribution is -2.19. The van der Waals surface area contributed by atoms with E-state index in [1.54, 1.807) is 24.3 Å². The number of aryl methyl sites for hydroxylation is 1. The molecule has 0 saturated carbocycles. The van der Waals surface area contributed by atoms with E-state index in [0.29, 0.717) is 11.3 Å². The molecule has 0 saturated heterocycles. The molecule has 2 heterocycles. The Morgan fingerprint density at radius 2 is 1.89 bits per heavy atom. The number of carbonyl (C=O) groups excluding carboxylic acids is 2. The van der Waals surface area contributed by atoms with Crippen LogP contribution in [0.25, 0.3) is 22.0 Å². The molecule has 37 heavy (non-hydrogen) atoms. The zero-order chi connectivity index (χ0) is 25.8. The summed E-state index contributed by atoms with van der Waals surface area (Å²) in [5.41, 5.74) is 7.30. The number of aromatic amines is 1. The number of nitrogens with one attached hydrogen (secondary N) is 2. The van der Waals surface area contributed by atoms with Crippen molar-refractivity contribution in [2.24, 2.45) is 5.10 Å². The van der Waals surface area contributed by atoms with Gasteiger partial charge in [0.2, 0.25) is 5.76 Å². The topological polar surface area (TPSA) is 96.7 Å². The number of hydrogen-bond acceptors (Lipinski definition) is 5. The van der Waals surface area contributed by atoms with Crippen LogP contribution in [0.15, 0.2) is 99.1 Å². The van der Waals surface area contributed by atoms with E-state index in [9.17, 15) is 9.59 Å². The molecule has 0 aliphatic rings. The van der Waals surface area contributed by atoms with Crippen LogP contribution in [0.4, 0.5) is 0 Å². The minimum absolute atomic E-state index is 0.0813. The first kappa shape index (κ1) is 24.3. The second kappa shape index (κ2) is 10.7. The summed E-state index contributed by atoms with van der Waals surface area (Å²) in [6, 6.07) is 24.0. The number of fused-ring (bicyclic) bond motifs is 1. The van der Waals surface area contributed by atoms with Gasteiger partial charge in [-0.2, -0.15) is 5.10 Å². The van der Waals surface area contributed by atoms with Gasteiger partial charge in [-0.1, -0.05) is 71.4 Å². The number of nitrogens with zero attached hydrogens (tertiary/aromatic N) is 1. The van der Waals surface area contributed by atoms with Crippen molar-refractivity contribution < 1.29 is 18.7 Å². The van der Waals surface area contributed by atoms with Gasteiger partial charge in [0.1, 0.15) is 11.4 Å². The smallest absolute Gasteiger partial charge is 0.379 e. The molecule has 0 aliphatic heterocycles. The van der Waals surface area contributed by atoms with Gasteiger partial charge >= 0.3 is 5.97 Å². The largest absolute Gasteiger partial charge is 0.457 e. The van der Waals surface area contributed by atoms with Gasteiger partial charge in [-0.3, -0.25) is 4.79 Å². The lowest BCUT2D eigenvalue weighted by Gasteiger charge is -2.07. The van der Waals surface area contributed by atoms with Crippen LogP contribution in [0, 0.1) is 0 Å². The van der Waals surface area contributed by atoms with Gasteiger partial charge in [0.25, 0.3) is 5.91 Å². The molecule has 0 radical (unpaired) electrons. The van der Waals surface area contributed by atoms with E-state index < -0.39 is 11.9 Å². The molecule has 2 aromatic heterocycles. The first-order valence-electron chi connectivity index (χ1n) is 11.6. The Morgan fingerprint density at radius 1 is 1.05 bits per heavy atom. The number of H-pyrrole nitrogens is 1. The van der Waals surface area contributed by atoms with Gasteiger partial charge in [0.15, 0.2) is 0 Å². The highest BCUT2D eigenvalue weighted by molar-refractivity contribution is 9.10. The first-order chi connectivity index (χ1) is 18.0. The highest BCUT2D eigenvalue weighted by Gasteiger charge is 2.20. The number of benzene rings is 3. The normalized spacial score (nSPS) is 11.2. The summed E-state index contributed by atoms with van der Waals surface area (Å²) in [4.78, 5) is 29.0. The SMILES string of the molecule is CCc1cccc2c(-c3ccccc3)c(C(=O)NN=Cc3cc(Br)ccc3OC(=O)c3ccco3)[nH]c12. The van der Waals surface area contributed by atoms with Crippen LogP contribution < -0.4 is 10.2 Å². The average molecular weight is 556 g/mol. The predicted molar refractivity (Wildman–Crippen MR) is 146 cm³/mol. The molecular weight excluding hydrogens is 534 g/mol. The molecule has 0 unspecified atom stereocenters. The van der Waals surface area contributed by atoms with Crippen molar-refractivity contribution >= 4 is 44.9 Å². The maximum atomic E-state index is 13.3. The van der Waals surface area contributed by atoms with E-state index in [4.69, 9.17) is 9.15 Å². The number of hydrogen-bond donors (Lipinski definition) is 2. The summed E-state index contributed by atoms with van der Waals surface area (Å²) in [5, 5.41) is 5.13. The number of esters is 1. The summed E-state index contributed by atoms with van der Waals surface area (Å²) in [6.07, 6.45) is 3.65. The van der Waals surface area contributed by atoms with Gasteiger partial charge in [0, 0.05) is 26.5 Å². The number of hydrazone groups is 1. The quantitative estimate of drug-likeness (QED) is 0.101. The molecule has 5 aromatic rings. The van der Waals surface area contributed by atoms with Crippen molar-refractivity contribution in [3.05, 3.63) is 112 Å². The number of rotatable bonds is 7. The number of aromatic nitrogens is 1. The molecule has 8 heteroatoms. The molecule has 5 rings (SSSR count). The van der Waals surface area contributed by atoms with Crippen molar-refractivity contribution in [3.8, 4) is 16.9 Å². The van der Waals surface area contributed by atoms with Crippen molar-refractivity contribution in [1.82, 2.24) is 10.4 Å². The zero-order valence-electron chi connectivity index (χ0n) is 19.8. The lowest BCUT2D eigenvalue weighted by molar-refractivity contribution is 0.0700. The van der Waals surface area contributed by atoms with Crippen LogP contribution >= 0.6 is 15.9 Å². The van der Waals surface area contributed by atoms with E-state index in [-0.39, 0.29) is 11.5 Å². The predicted octanol–water partition coefficient (Wildman–Crippen LogP) is 6.74. The monoisotopic (exact) mass is 555 g/mol. The van der Waals surface area contributed by atoms with Crippen LogP contribution in [0.2, 0.25) is 0 Å². The highest BCUT2D eigenvalue weighted by Crippen LogP contribution is 2.34. The number of amides is 1. The van der Waals surface area contributed by atoms with Crippen molar-refractivity contribution in [2.75, 3.05) is 0 Å². The summed E-state index contributed by atoms with van der Waals surface area (Å²) in [5.74, 6) is -0.676. The molecule has 1 amide bonds. The van der Waals surface area contributed by atoms with Crippen molar-refractivity contribution in [3.63, 3.8) is 0 Å². The second-order valence-electron chi connectivity index (χ2n) is 8.18. The Balaban J connectivity index is 1.44. The maximum absolute atomic E-state index is 13.3. The Morgan fingerprint density at radius 3 is 2.65 bits per heavy atom. The van der Waals surface area contributed by atoms with E-state index in [1.807, 2.05) is 48.5 Å². The summed E-state index contributed by atoms with van der Waals surface area (Å²) in [6.45, 7) is 2.08. The van der Waals surface area contributed by atoms with E-state index in [0.717, 1.165) is 38.5 Å². The summed E-state index contributed by atoms with van der Waals surface area (Å²) >= 11 is 3.41. The Bertz CT molecular complexity index is 1610. The zero-order valence-corrected chi connectivity index (χ0v) is 21.4. The maximum Gasteiger partial charge on any atom is 0.379 e. The molecular formula is C29H22BrN3O4. The number of ether oxygens (including phenoxy) is 1. The standard InChI is InChI=1S/C29H22BrN3O4/c1-2-18-10-6-11-22-25(19-8-4-3-5-9-19)27(32-26(18)22)28(34)33-31-17-20-16-21(30)13-14-23(20)37-29(35)24-12-7-15-36-24/h3-17,32H,2H2,1H3,(H,33,34). The molecule has 7 nitrogen and oxygen atoms in total. The number of furan rings is 1. The minimum atomic E-state index is -0.636. The molecule has 0 spiro atoms. The second-order valence-corrected chi connectivity index (χ2v) is 9.10. The van der Waals surface area contributed by atoms with Crippen LogP contribution in [0.5, 0.6) is 5.75 Å². The molecule has 3 aromatic carbocycles. The molecule has 0 aliphatic carbocycles. The third-order valence-corrected chi connectivity index (χ3v) is 6.35.